The van der Waals surface area contributed by atoms with Crippen LogP contribution in [0.2, 0.25) is 0 Å². The molecule has 0 saturated heterocycles. The smallest absolute Gasteiger partial charge is 0.324 e. The fraction of sp³-hybridized carbons (Fsp3) is 0.333. The quantitative estimate of drug-likeness (QED) is 0.400. The molecule has 5 heteroatoms. The van der Waals surface area contributed by atoms with Crippen LogP contribution in [0, 0.1) is 0 Å². The fourth-order valence-corrected chi connectivity index (χ4v) is 1.20. The molecule has 0 aromatic carbocycles. The minimum Gasteiger partial charge on any atom is -0.324 e. The molecule has 1 atom stereocenters. The lowest BCUT2D eigenvalue weighted by Crippen LogP contribution is -2.37. The second-order valence-electron chi connectivity index (χ2n) is 1.30. The van der Waals surface area contributed by atoms with Gasteiger partial charge in [0.2, 0.25) is 0 Å². The van der Waals surface area contributed by atoms with Gasteiger partial charge in [-0.1, -0.05) is 6.08 Å². The van der Waals surface area contributed by atoms with Crippen LogP contribution < -0.4 is 5.73 Å². The van der Waals surface area contributed by atoms with Gasteiger partial charge in [-0.15, -0.1) is 39.8 Å². The second-order valence-corrected chi connectivity index (χ2v) is 10.2. The number of halogens is 3. The Labute approximate surface area is 63.5 Å². The van der Waals surface area contributed by atoms with E-state index in [0.717, 1.165) is 0 Å². The lowest BCUT2D eigenvalue weighted by Gasteiger charge is -2.11. The van der Waals surface area contributed by atoms with Gasteiger partial charge in [0.15, 0.2) is 0 Å². The number of nitrogens with two attached hydrogens (primary N) is 1. The van der Waals surface area contributed by atoms with Crippen LogP contribution in [-0.4, -0.2) is 11.7 Å². The molecule has 0 spiro atoms. The number of hydrogen-bond donors (Lipinski definition) is 1. The fourth-order valence-electron chi connectivity index (χ4n) is 0.134. The summed E-state index contributed by atoms with van der Waals surface area (Å²) in [5.74, 6) is 0. The third-order valence-electron chi connectivity index (χ3n) is 0.632. The van der Waals surface area contributed by atoms with Gasteiger partial charge in [0.1, 0.15) is 0 Å². The average Bonchev–Trinajstić information content (AvgIpc) is 1.62. The molecule has 0 rings (SSSR count). The first-order chi connectivity index (χ1) is 3.48. The number of hydrogen-bond acceptors (Lipinski definition) is 1. The summed E-state index contributed by atoms with van der Waals surface area (Å²) >= 11 is 16.4. The van der Waals surface area contributed by atoms with Crippen molar-refractivity contribution in [3.05, 3.63) is 12.7 Å². The molecule has 0 aliphatic carbocycles. The highest BCUT2D eigenvalue weighted by atomic mass is 35.8. The van der Waals surface area contributed by atoms with Crippen LogP contribution in [0.4, 0.5) is 0 Å². The molecule has 0 bridgehead atoms. The first-order valence-electron chi connectivity index (χ1n) is 1.93. The van der Waals surface area contributed by atoms with E-state index in [-0.39, 0.29) is 0 Å². The molecule has 0 aliphatic rings. The summed E-state index contributed by atoms with van der Waals surface area (Å²) in [4.78, 5) is 0. The highest BCUT2D eigenvalue weighted by molar-refractivity contribution is 7.65. The van der Waals surface area contributed by atoms with Crippen LogP contribution in [0.25, 0.3) is 0 Å². The second kappa shape index (κ2) is 3.08. The molecule has 1 unspecified atom stereocenters. The molecule has 0 fully saturated rings. The van der Waals surface area contributed by atoms with Crippen molar-refractivity contribution in [3.8, 4) is 0 Å². The Balaban J connectivity index is 3.80. The van der Waals surface area contributed by atoms with E-state index in [0.29, 0.717) is 0 Å². The Morgan fingerprint density at radius 2 is 1.88 bits per heavy atom. The van der Waals surface area contributed by atoms with Crippen LogP contribution in [0.1, 0.15) is 0 Å². The van der Waals surface area contributed by atoms with Gasteiger partial charge in [-0.2, -0.15) is 0 Å². The Kier molecular flexibility index (Phi) is 3.39. The van der Waals surface area contributed by atoms with E-state index in [1.807, 2.05) is 0 Å². The summed E-state index contributed by atoms with van der Waals surface area (Å²) in [5, 5.41) is 0. The largest absolute Gasteiger partial charge is 0.360 e. The predicted octanol–water partition coefficient (Wildman–Crippen LogP) is 1.69. The summed E-state index contributed by atoms with van der Waals surface area (Å²) in [6.45, 7) is 3.38. The van der Waals surface area contributed by atoms with Gasteiger partial charge in [0.25, 0.3) is 0 Å². The molecule has 0 aromatic heterocycles. The molecular weight excluding hydrogens is 184 g/mol. The molecular formula is C3H6Cl3NSi. The van der Waals surface area contributed by atoms with Crippen molar-refractivity contribution in [1.82, 2.24) is 0 Å². The Morgan fingerprint density at radius 1 is 1.50 bits per heavy atom. The zero-order valence-corrected chi connectivity index (χ0v) is 7.34. The normalized spacial score (nSPS) is 15.5. The molecule has 0 aliphatic heterocycles. The molecule has 0 amide bonds. The lowest BCUT2D eigenvalue weighted by atomic mass is 10.7. The van der Waals surface area contributed by atoms with E-state index in [9.17, 15) is 0 Å². The highest BCUT2D eigenvalue weighted by Gasteiger charge is 2.31. The van der Waals surface area contributed by atoms with E-state index in [1.165, 1.54) is 6.08 Å². The van der Waals surface area contributed by atoms with Gasteiger partial charge in [-0.05, 0) is 0 Å². The van der Waals surface area contributed by atoms with Crippen molar-refractivity contribution >= 4 is 39.2 Å². The maximum absolute atomic E-state index is 5.46. The first kappa shape index (κ1) is 8.79. The molecule has 0 heterocycles. The summed E-state index contributed by atoms with van der Waals surface area (Å²) < 4.78 is 0. The van der Waals surface area contributed by atoms with E-state index >= 15 is 0 Å². The average molecular weight is 191 g/mol. The molecule has 48 valence electrons. The molecule has 0 aromatic rings. The molecule has 8 heavy (non-hydrogen) atoms. The summed E-state index contributed by atoms with van der Waals surface area (Å²) in [7, 11) is 0. The number of rotatable bonds is 2. The van der Waals surface area contributed by atoms with Gasteiger partial charge >= 0.3 is 6.00 Å². The zero-order chi connectivity index (χ0) is 6.78. The van der Waals surface area contributed by atoms with Crippen molar-refractivity contribution in [2.75, 3.05) is 0 Å². The lowest BCUT2D eigenvalue weighted by molar-refractivity contribution is 1.13. The van der Waals surface area contributed by atoms with Gasteiger partial charge in [0, 0.05) is 0 Å². The van der Waals surface area contributed by atoms with Gasteiger partial charge in [0.05, 0.1) is 5.67 Å². The maximum Gasteiger partial charge on any atom is 0.360 e. The van der Waals surface area contributed by atoms with Crippen LogP contribution in [-0.2, 0) is 0 Å². The van der Waals surface area contributed by atoms with Crippen LogP contribution in [0.3, 0.4) is 0 Å². The summed E-state index contributed by atoms with van der Waals surface area (Å²) in [6.07, 6.45) is 1.44. The Morgan fingerprint density at radius 3 is 1.88 bits per heavy atom. The van der Waals surface area contributed by atoms with Crippen LogP contribution in [0.15, 0.2) is 12.7 Å². The van der Waals surface area contributed by atoms with Crippen molar-refractivity contribution < 1.29 is 0 Å². The SMILES string of the molecule is C=CC(N)[Si](Cl)(Cl)Cl. The molecule has 2 N–H and O–H groups in total. The Bertz CT molecular complexity index is 89.0. The van der Waals surface area contributed by atoms with Gasteiger partial charge < -0.3 is 5.73 Å². The zero-order valence-electron chi connectivity index (χ0n) is 4.07. The van der Waals surface area contributed by atoms with Crippen molar-refractivity contribution in [2.24, 2.45) is 5.73 Å². The van der Waals surface area contributed by atoms with E-state index in [1.54, 1.807) is 0 Å². The minimum atomic E-state index is -2.68. The molecule has 0 radical (unpaired) electrons. The maximum atomic E-state index is 5.46. The van der Waals surface area contributed by atoms with Crippen LogP contribution >= 0.6 is 33.2 Å². The molecule has 1 nitrogen and oxygen atoms in total. The minimum absolute atomic E-state index is 0.451. The van der Waals surface area contributed by atoms with Gasteiger partial charge in [-0.3, -0.25) is 0 Å². The van der Waals surface area contributed by atoms with Crippen molar-refractivity contribution in [1.29, 1.82) is 0 Å². The van der Waals surface area contributed by atoms with Crippen LogP contribution in [0.5, 0.6) is 0 Å². The van der Waals surface area contributed by atoms with Crippen molar-refractivity contribution in [2.45, 2.75) is 5.67 Å². The standard InChI is InChI=1S/C3H6Cl3NSi/c1-2-3(7)8(4,5)6/h2-3H,1,7H2. The van der Waals surface area contributed by atoms with Crippen molar-refractivity contribution in [3.63, 3.8) is 0 Å². The predicted molar refractivity (Wildman–Crippen MR) is 41.5 cm³/mol. The third-order valence-corrected chi connectivity index (χ3v) is 3.89. The topological polar surface area (TPSA) is 26.0 Å². The first-order valence-corrected chi connectivity index (χ1v) is 7.04. The summed E-state index contributed by atoms with van der Waals surface area (Å²) in [5.41, 5.74) is 4.85. The van der Waals surface area contributed by atoms with E-state index in [2.05, 4.69) is 6.58 Å². The van der Waals surface area contributed by atoms with E-state index in [4.69, 9.17) is 39.0 Å². The summed E-state index contributed by atoms with van der Waals surface area (Å²) in [6, 6.07) is -2.68. The monoisotopic (exact) mass is 189 g/mol. The molecule has 0 saturated carbocycles. The highest BCUT2D eigenvalue weighted by Crippen LogP contribution is 2.22. The third kappa shape index (κ3) is 2.94. The van der Waals surface area contributed by atoms with E-state index < -0.39 is 11.7 Å². The Hall–Kier alpha value is 0.787. The van der Waals surface area contributed by atoms with Gasteiger partial charge in [-0.25, -0.2) is 0 Å².